The quantitative estimate of drug-likeness (QED) is 0.0601. The van der Waals surface area contributed by atoms with Crippen LogP contribution in [0.1, 0.15) is 44.5 Å². The van der Waals surface area contributed by atoms with Crippen LogP contribution in [0.4, 0.5) is 11.6 Å². The largest absolute Gasteiger partial charge is 0.487 e. The van der Waals surface area contributed by atoms with Crippen molar-refractivity contribution in [2.45, 2.75) is 57.2 Å². The fourth-order valence-corrected chi connectivity index (χ4v) is 6.23. The highest BCUT2D eigenvalue weighted by molar-refractivity contribution is 6.32. The molecule has 1 aromatic carbocycles. The van der Waals surface area contributed by atoms with Crippen molar-refractivity contribution in [3.8, 4) is 22.8 Å². The van der Waals surface area contributed by atoms with Crippen LogP contribution < -0.4 is 14.8 Å². The minimum absolute atomic E-state index is 0.231. The van der Waals surface area contributed by atoms with Crippen molar-refractivity contribution < 1.29 is 18.6 Å². The predicted molar refractivity (Wildman–Crippen MR) is 178 cm³/mol. The standard InChI is InChI=1S/C32H40ClN11O4/c1-22(19-43(21-34)41-35)48-29-16-23(2-7-27(29)33)24-17-37-32(38-18-24)39-28-20-44(40-31(28)47-12-8-30-36-9-13-46-30)26-5-3-25(4-6-26)42-10-14-45-15-11-42/h2,7,9,13,16-18,20-22,25-26,34-35H,3-6,8,10-12,14-15,19H2,1H3,(H,37,38,39)/t22-,25?,26?/m0/s1. The molecule has 0 amide bonds. The highest BCUT2D eigenvalue weighted by atomic mass is 35.5. The van der Waals surface area contributed by atoms with Crippen LogP contribution in [0, 0.1) is 10.9 Å². The highest BCUT2D eigenvalue weighted by Gasteiger charge is 2.29. The monoisotopic (exact) mass is 677 g/mol. The van der Waals surface area contributed by atoms with Gasteiger partial charge in [0.05, 0.1) is 56.2 Å². The van der Waals surface area contributed by atoms with E-state index in [1.807, 2.05) is 29.9 Å². The summed E-state index contributed by atoms with van der Waals surface area (Å²) in [6.45, 7) is 6.05. The maximum Gasteiger partial charge on any atom is 0.256 e. The van der Waals surface area contributed by atoms with Gasteiger partial charge in [-0.3, -0.25) is 15.0 Å². The van der Waals surface area contributed by atoms with E-state index in [4.69, 9.17) is 46.3 Å². The second-order valence-electron chi connectivity index (χ2n) is 11.8. The van der Waals surface area contributed by atoms with E-state index in [1.54, 1.807) is 30.9 Å². The molecule has 0 radical (unpaired) electrons. The Kier molecular flexibility index (Phi) is 11.1. The molecule has 254 valence electrons. The molecule has 3 N–H and O–H groups in total. The Morgan fingerprint density at radius 2 is 1.90 bits per heavy atom. The van der Waals surface area contributed by atoms with Crippen molar-refractivity contribution in [3.63, 3.8) is 0 Å². The van der Waals surface area contributed by atoms with E-state index < -0.39 is 0 Å². The van der Waals surface area contributed by atoms with Gasteiger partial charge in [0, 0.05) is 37.1 Å². The Balaban J connectivity index is 1.13. The zero-order chi connectivity index (χ0) is 33.3. The van der Waals surface area contributed by atoms with Crippen molar-refractivity contribution in [2.75, 3.05) is 44.8 Å². The fraction of sp³-hybridized carbons (Fsp3) is 0.469. The lowest BCUT2D eigenvalue weighted by Gasteiger charge is -2.38. The smallest absolute Gasteiger partial charge is 0.256 e. The first-order valence-corrected chi connectivity index (χ1v) is 16.5. The molecule has 1 aliphatic heterocycles. The molecule has 4 heterocycles. The van der Waals surface area contributed by atoms with E-state index in [0.29, 0.717) is 53.2 Å². The number of hydrogen-bond donors (Lipinski definition) is 3. The maximum atomic E-state index is 7.33. The number of hydrogen-bond acceptors (Lipinski definition) is 13. The van der Waals surface area contributed by atoms with Crippen LogP contribution in [-0.2, 0) is 11.2 Å². The Bertz CT molecular complexity index is 1610. The average molecular weight is 678 g/mol. The lowest BCUT2D eigenvalue weighted by atomic mass is 9.90. The average Bonchev–Trinajstić information content (AvgIpc) is 3.79. The van der Waals surface area contributed by atoms with Crippen molar-refractivity contribution in [3.05, 3.63) is 60.2 Å². The number of morpholine rings is 1. The van der Waals surface area contributed by atoms with Gasteiger partial charge in [0.1, 0.15) is 30.1 Å². The molecule has 15 nitrogen and oxygen atoms in total. The van der Waals surface area contributed by atoms with Gasteiger partial charge in [0.15, 0.2) is 5.89 Å². The third-order valence-electron chi connectivity index (χ3n) is 8.55. The second-order valence-corrected chi connectivity index (χ2v) is 12.2. The molecule has 3 aromatic heterocycles. The summed E-state index contributed by atoms with van der Waals surface area (Å²) in [7, 11) is 0. The van der Waals surface area contributed by atoms with Gasteiger partial charge in [-0.25, -0.2) is 20.0 Å². The lowest BCUT2D eigenvalue weighted by molar-refractivity contribution is 0.00503. The van der Waals surface area contributed by atoms with Gasteiger partial charge in [-0.2, -0.15) is 5.53 Å². The first-order chi connectivity index (χ1) is 23.5. The number of oxazole rings is 1. The Morgan fingerprint density at radius 1 is 1.12 bits per heavy atom. The van der Waals surface area contributed by atoms with Gasteiger partial charge in [-0.1, -0.05) is 22.9 Å². The number of halogens is 1. The SMILES string of the molecule is C[C@@H](CN(C=N)N=N)Oc1cc(-c2cnc(Nc3cn(C4CCC(N5CCOCC5)CC4)nc3OCCc3ncco3)nc2)ccc1Cl. The van der Waals surface area contributed by atoms with Gasteiger partial charge in [0.25, 0.3) is 5.88 Å². The maximum absolute atomic E-state index is 7.33. The zero-order valence-corrected chi connectivity index (χ0v) is 27.6. The number of aromatic nitrogens is 5. The van der Waals surface area contributed by atoms with Crippen LogP contribution in [0.25, 0.3) is 11.1 Å². The summed E-state index contributed by atoms with van der Waals surface area (Å²) in [4.78, 5) is 15.9. The summed E-state index contributed by atoms with van der Waals surface area (Å²) >= 11 is 6.41. The summed E-state index contributed by atoms with van der Waals surface area (Å²) in [5, 5.41) is 20.4. The Labute approximate surface area is 283 Å². The van der Waals surface area contributed by atoms with E-state index in [1.165, 1.54) is 0 Å². The summed E-state index contributed by atoms with van der Waals surface area (Å²) in [6.07, 6.45) is 14.0. The molecule has 1 saturated heterocycles. The van der Waals surface area contributed by atoms with Gasteiger partial charge < -0.3 is 23.9 Å². The van der Waals surface area contributed by atoms with Crippen LogP contribution in [0.5, 0.6) is 11.6 Å². The molecule has 0 bridgehead atoms. The minimum Gasteiger partial charge on any atom is -0.487 e. The van der Waals surface area contributed by atoms with Crippen LogP contribution in [0.2, 0.25) is 5.02 Å². The molecule has 6 rings (SSSR count). The number of ether oxygens (including phenoxy) is 3. The summed E-state index contributed by atoms with van der Waals surface area (Å²) in [6, 6.07) is 6.30. The Hall–Kier alpha value is -4.60. The van der Waals surface area contributed by atoms with Crippen LogP contribution in [-0.4, -0.2) is 92.6 Å². The number of nitrogens with one attached hydrogen (secondary N) is 3. The molecule has 2 aliphatic rings. The third-order valence-corrected chi connectivity index (χ3v) is 8.86. The lowest BCUT2D eigenvalue weighted by Crippen LogP contribution is -2.45. The Morgan fingerprint density at radius 3 is 2.60 bits per heavy atom. The molecule has 2 fully saturated rings. The van der Waals surface area contributed by atoms with Crippen LogP contribution >= 0.6 is 11.6 Å². The van der Waals surface area contributed by atoms with Crippen molar-refractivity contribution >= 4 is 29.6 Å². The van der Waals surface area contributed by atoms with Gasteiger partial charge in [0.2, 0.25) is 5.95 Å². The molecule has 1 aliphatic carbocycles. The predicted octanol–water partition coefficient (Wildman–Crippen LogP) is 5.78. The van der Waals surface area contributed by atoms with E-state index in [2.05, 4.69) is 30.4 Å². The first-order valence-electron chi connectivity index (χ1n) is 16.1. The van der Waals surface area contributed by atoms with E-state index in [9.17, 15) is 0 Å². The highest BCUT2D eigenvalue weighted by Crippen LogP contribution is 2.35. The number of benzene rings is 1. The van der Waals surface area contributed by atoms with Crippen molar-refractivity contribution in [1.29, 1.82) is 10.9 Å². The molecule has 1 saturated carbocycles. The molecule has 4 aromatic rings. The fourth-order valence-electron chi connectivity index (χ4n) is 6.07. The minimum atomic E-state index is -0.372. The summed E-state index contributed by atoms with van der Waals surface area (Å²) < 4.78 is 25.0. The van der Waals surface area contributed by atoms with Crippen molar-refractivity contribution in [2.24, 2.45) is 5.22 Å². The molecule has 16 heteroatoms. The zero-order valence-electron chi connectivity index (χ0n) is 26.8. The first kappa shape index (κ1) is 33.3. The number of anilines is 2. The molecule has 0 unspecified atom stereocenters. The molecule has 0 spiro atoms. The molecule has 48 heavy (non-hydrogen) atoms. The molecular weight excluding hydrogens is 638 g/mol. The molecule has 1 atom stereocenters. The normalized spacial score (nSPS) is 19.0. The second kappa shape index (κ2) is 16.0. The van der Waals surface area contributed by atoms with Gasteiger partial charge >= 0.3 is 0 Å². The summed E-state index contributed by atoms with van der Waals surface area (Å²) in [5.41, 5.74) is 9.41. The molecular formula is C32H40ClN11O4. The van der Waals surface area contributed by atoms with E-state index in [0.717, 1.165) is 74.5 Å². The summed E-state index contributed by atoms with van der Waals surface area (Å²) in [5.74, 6) is 1.94. The van der Waals surface area contributed by atoms with Gasteiger partial charge in [-0.05, 0) is 50.3 Å². The van der Waals surface area contributed by atoms with E-state index in [-0.39, 0.29) is 18.7 Å². The van der Waals surface area contributed by atoms with E-state index >= 15 is 0 Å². The number of rotatable bonds is 15. The topological polar surface area (TPSA) is 176 Å². The van der Waals surface area contributed by atoms with Gasteiger partial charge in [-0.15, -0.1) is 5.10 Å². The number of nitrogens with zero attached hydrogens (tertiary/aromatic N) is 8. The van der Waals surface area contributed by atoms with Crippen molar-refractivity contribution in [1.82, 2.24) is 34.6 Å². The van der Waals surface area contributed by atoms with Crippen LogP contribution in [0.3, 0.4) is 0 Å². The third kappa shape index (κ3) is 8.45. The van der Waals surface area contributed by atoms with Crippen LogP contribution in [0.15, 0.2) is 58.9 Å².